The summed E-state index contributed by atoms with van der Waals surface area (Å²) in [6, 6.07) is 3.41. The van der Waals surface area contributed by atoms with Crippen molar-refractivity contribution in [2.45, 2.75) is 163 Å². The molecule has 0 aromatic heterocycles. The number of carbonyl (C=O) groups is 8. The van der Waals surface area contributed by atoms with Gasteiger partial charge in [0.25, 0.3) is 11.8 Å². The molecule has 0 radical (unpaired) electrons. The minimum absolute atomic E-state index is 0.0513. The van der Waals surface area contributed by atoms with E-state index in [0.717, 1.165) is 10.5 Å². The van der Waals surface area contributed by atoms with Crippen LogP contribution in [-0.2, 0) is 48.5 Å². The first-order chi connectivity index (χ1) is 28.8. The maximum atomic E-state index is 14.5. The smallest absolute Gasteiger partial charge is 0.329 e. The van der Waals surface area contributed by atoms with Gasteiger partial charge < -0.3 is 30.3 Å². The van der Waals surface area contributed by atoms with Crippen LogP contribution in [0.2, 0.25) is 0 Å². The van der Waals surface area contributed by atoms with Crippen LogP contribution in [0, 0.1) is 11.3 Å². The second kappa shape index (κ2) is 21.9. The van der Waals surface area contributed by atoms with Crippen LogP contribution in [0.4, 0.5) is 0 Å². The number of Topliss-reactive ketones (excluding diaryl/α,β-unsaturated/α-hetero) is 1. The van der Waals surface area contributed by atoms with Gasteiger partial charge in [-0.15, -0.1) is 0 Å². The molecule has 4 atom stereocenters. The summed E-state index contributed by atoms with van der Waals surface area (Å²) in [6.07, 6.45) is 4.36. The summed E-state index contributed by atoms with van der Waals surface area (Å²) in [6.45, 7) is 25.2. The van der Waals surface area contributed by atoms with Gasteiger partial charge in [0.05, 0.1) is 12.1 Å². The van der Waals surface area contributed by atoms with Crippen LogP contribution in [0.15, 0.2) is 48.1 Å². The van der Waals surface area contributed by atoms with E-state index in [1.807, 2.05) is 48.5 Å². The zero-order chi connectivity index (χ0) is 48.4. The molecular formula is C48H73N5O10. The Morgan fingerprint density at radius 3 is 1.79 bits per heavy atom. The highest BCUT2D eigenvalue weighted by atomic mass is 16.6. The Morgan fingerprint density at radius 2 is 1.32 bits per heavy atom. The van der Waals surface area contributed by atoms with Crippen LogP contribution in [0.5, 0.6) is 0 Å². The first-order valence-corrected chi connectivity index (χ1v) is 21.7. The topological polar surface area (TPSA) is 198 Å². The lowest BCUT2D eigenvalue weighted by Gasteiger charge is -2.40. The van der Waals surface area contributed by atoms with Crippen molar-refractivity contribution in [3.8, 4) is 0 Å². The SMILES string of the molecule is CNC(C(=O)N[C@H](C(=O)N(C)[C@H](/C=C(\C)C(=O)N[C@H](CCC(=O)OC(C)(C)C)C(=O)OC(C)(C)C)C(C)C)C(C)(C)C)C(C)(C)c1ccc(C(=O)CCCN2C(=O)C=CC2=O)cc1. The quantitative estimate of drug-likeness (QED) is 0.0661. The number of hydrogen-bond donors (Lipinski definition) is 3. The van der Waals surface area contributed by atoms with Crippen LogP contribution in [0.3, 0.4) is 0 Å². The third-order valence-corrected chi connectivity index (χ3v) is 10.6. The average molecular weight is 880 g/mol. The first-order valence-electron chi connectivity index (χ1n) is 21.7. The third kappa shape index (κ3) is 16.2. The standard InChI is InChI=1S/C48H73N5O10/c1-29(2)34(28-30(3)41(58)50-33(44(61)63-47(10,11)12)23-26-38(57)62-46(7,8)9)52(16)43(60)40(45(4,5)6)51-42(59)39(49-15)48(13,14)32-21-19-31(20-22-32)35(54)18-17-27-53-36(55)24-25-37(53)56/h19-22,24-25,28-29,33-34,39-40,49H,17-18,23,26-27H2,1-16H3,(H,50,58)(H,51,59)/b30-28+/t33-,34-,39?,40-/m1/s1. The molecule has 350 valence electrons. The number of likely N-dealkylation sites (N-methyl/N-ethyl adjacent to an activating group) is 2. The number of nitrogens with one attached hydrogen (secondary N) is 3. The molecule has 1 heterocycles. The molecule has 5 amide bonds. The zero-order valence-corrected chi connectivity index (χ0v) is 40.4. The summed E-state index contributed by atoms with van der Waals surface area (Å²) in [7, 11) is 3.28. The van der Waals surface area contributed by atoms with Gasteiger partial charge in [-0.05, 0) is 85.3 Å². The minimum Gasteiger partial charge on any atom is -0.460 e. The predicted octanol–water partition coefficient (Wildman–Crippen LogP) is 5.35. The van der Waals surface area contributed by atoms with E-state index in [1.54, 1.807) is 92.9 Å². The van der Waals surface area contributed by atoms with Crippen LogP contribution in [0.25, 0.3) is 0 Å². The van der Waals surface area contributed by atoms with E-state index in [-0.39, 0.29) is 60.8 Å². The van der Waals surface area contributed by atoms with Gasteiger partial charge in [0, 0.05) is 55.1 Å². The number of amides is 5. The summed E-state index contributed by atoms with van der Waals surface area (Å²) >= 11 is 0. The fourth-order valence-corrected chi connectivity index (χ4v) is 7.12. The van der Waals surface area contributed by atoms with Crippen molar-refractivity contribution in [2.75, 3.05) is 20.6 Å². The molecule has 1 aliphatic rings. The van der Waals surface area contributed by atoms with Gasteiger partial charge in [-0.3, -0.25) is 38.5 Å². The number of imide groups is 1. The van der Waals surface area contributed by atoms with Crippen LogP contribution < -0.4 is 16.0 Å². The third-order valence-electron chi connectivity index (χ3n) is 10.6. The molecule has 0 spiro atoms. The number of ketones is 1. The van der Waals surface area contributed by atoms with Crippen molar-refractivity contribution < 1.29 is 47.8 Å². The average Bonchev–Trinajstić information content (AvgIpc) is 3.47. The normalized spacial score (nSPS) is 15.7. The van der Waals surface area contributed by atoms with E-state index in [2.05, 4.69) is 16.0 Å². The van der Waals surface area contributed by atoms with Crippen LogP contribution in [0.1, 0.15) is 139 Å². The Bertz CT molecular complexity index is 1890. The maximum absolute atomic E-state index is 14.5. The van der Waals surface area contributed by atoms with Crippen molar-refractivity contribution in [3.63, 3.8) is 0 Å². The van der Waals surface area contributed by atoms with Gasteiger partial charge >= 0.3 is 11.9 Å². The molecule has 0 bridgehead atoms. The molecule has 0 fully saturated rings. The number of ether oxygens (including phenoxy) is 2. The molecule has 1 unspecified atom stereocenters. The fraction of sp³-hybridized carbons (Fsp3) is 0.625. The van der Waals surface area contributed by atoms with Gasteiger partial charge in [0.1, 0.15) is 23.3 Å². The Morgan fingerprint density at radius 1 is 0.778 bits per heavy atom. The van der Waals surface area contributed by atoms with Gasteiger partial charge in [0.2, 0.25) is 17.7 Å². The van der Waals surface area contributed by atoms with Crippen molar-refractivity contribution in [2.24, 2.45) is 11.3 Å². The lowest BCUT2D eigenvalue weighted by atomic mass is 9.76. The number of esters is 2. The van der Waals surface area contributed by atoms with Gasteiger partial charge in [0.15, 0.2) is 5.78 Å². The summed E-state index contributed by atoms with van der Waals surface area (Å²) in [5.41, 5.74) is -1.68. The van der Waals surface area contributed by atoms with Crippen molar-refractivity contribution in [1.29, 1.82) is 0 Å². The highest BCUT2D eigenvalue weighted by Gasteiger charge is 2.42. The zero-order valence-electron chi connectivity index (χ0n) is 40.4. The molecule has 0 aliphatic carbocycles. The lowest BCUT2D eigenvalue weighted by molar-refractivity contribution is -0.160. The van der Waals surface area contributed by atoms with Gasteiger partial charge in [-0.2, -0.15) is 0 Å². The van der Waals surface area contributed by atoms with E-state index in [9.17, 15) is 38.4 Å². The lowest BCUT2D eigenvalue weighted by Crippen LogP contribution is -2.61. The largest absolute Gasteiger partial charge is 0.460 e. The van der Waals surface area contributed by atoms with E-state index < -0.39 is 70.0 Å². The van der Waals surface area contributed by atoms with Crippen molar-refractivity contribution in [3.05, 3.63) is 59.2 Å². The molecule has 1 aromatic carbocycles. The number of hydrogen-bond acceptors (Lipinski definition) is 11. The van der Waals surface area contributed by atoms with Crippen LogP contribution >= 0.6 is 0 Å². The molecule has 15 heteroatoms. The maximum Gasteiger partial charge on any atom is 0.329 e. The summed E-state index contributed by atoms with van der Waals surface area (Å²) in [5.74, 6) is -3.70. The molecule has 15 nitrogen and oxygen atoms in total. The molecule has 1 aliphatic heterocycles. The number of carbonyl (C=O) groups excluding carboxylic acids is 8. The van der Waals surface area contributed by atoms with Crippen molar-refractivity contribution in [1.82, 2.24) is 25.8 Å². The molecule has 0 saturated heterocycles. The summed E-state index contributed by atoms with van der Waals surface area (Å²) in [5, 5.41) is 8.86. The molecule has 1 aromatic rings. The Labute approximate surface area is 374 Å². The second-order valence-electron chi connectivity index (χ2n) is 20.2. The number of nitrogens with zero attached hydrogens (tertiary/aromatic N) is 2. The minimum atomic E-state index is -1.15. The number of rotatable bonds is 20. The summed E-state index contributed by atoms with van der Waals surface area (Å²) in [4.78, 5) is 107. The molecule has 2 rings (SSSR count). The van der Waals surface area contributed by atoms with Gasteiger partial charge in [-0.1, -0.05) is 78.8 Å². The van der Waals surface area contributed by atoms with E-state index in [0.29, 0.717) is 12.0 Å². The van der Waals surface area contributed by atoms with E-state index >= 15 is 0 Å². The first kappa shape index (κ1) is 54.0. The molecule has 3 N–H and O–H groups in total. The highest BCUT2D eigenvalue weighted by molar-refractivity contribution is 6.12. The molecule has 63 heavy (non-hydrogen) atoms. The molecular weight excluding hydrogens is 807 g/mol. The monoisotopic (exact) mass is 880 g/mol. The molecule has 0 saturated carbocycles. The number of benzene rings is 1. The second-order valence-corrected chi connectivity index (χ2v) is 20.2. The Balaban J connectivity index is 2.27. The Hall–Kier alpha value is -5.18. The Kier molecular flexibility index (Phi) is 18.8. The predicted molar refractivity (Wildman–Crippen MR) is 241 cm³/mol. The van der Waals surface area contributed by atoms with Crippen LogP contribution in [-0.4, -0.2) is 113 Å². The van der Waals surface area contributed by atoms with Crippen molar-refractivity contribution >= 4 is 47.3 Å². The van der Waals surface area contributed by atoms with E-state index in [4.69, 9.17) is 9.47 Å². The van der Waals surface area contributed by atoms with Gasteiger partial charge in [-0.25, -0.2) is 4.79 Å². The fourth-order valence-electron chi connectivity index (χ4n) is 7.12. The summed E-state index contributed by atoms with van der Waals surface area (Å²) < 4.78 is 11.0. The van der Waals surface area contributed by atoms with E-state index in [1.165, 1.54) is 17.1 Å². The highest BCUT2D eigenvalue weighted by Crippen LogP contribution is 2.30.